The Hall–Kier alpha value is -1.30. The van der Waals surface area contributed by atoms with Crippen molar-refractivity contribution in [2.45, 2.75) is 5.92 Å². The fourth-order valence-corrected chi connectivity index (χ4v) is 1.34. The van der Waals surface area contributed by atoms with E-state index in [0.29, 0.717) is 5.56 Å². The van der Waals surface area contributed by atoms with Gasteiger partial charge in [0.25, 0.3) is 0 Å². The number of carbonyl (C=O) groups is 1. The van der Waals surface area contributed by atoms with Crippen molar-refractivity contribution in [3.8, 4) is 5.63 Å². The summed E-state index contributed by atoms with van der Waals surface area (Å²) in [5.74, 6) is -1.96. The van der Waals surface area contributed by atoms with Crippen LogP contribution in [0.4, 0.5) is 0 Å². The minimum atomic E-state index is -1.05. The summed E-state index contributed by atoms with van der Waals surface area (Å²) in [5.41, 5.74) is 2.90. The molecular weight excluding hydrogens is 187 g/mol. The number of hydrogen-bond acceptors (Lipinski definition) is 2. The van der Waals surface area contributed by atoms with Crippen molar-refractivity contribution < 1.29 is 14.5 Å². The predicted molar refractivity (Wildman–Crippen MR) is 48.3 cm³/mol. The first-order chi connectivity index (χ1) is 6.25. The van der Waals surface area contributed by atoms with Gasteiger partial charge in [0.05, 0.1) is 0 Å². The number of carboxylic acid groups (broad SMARTS) is 1. The Morgan fingerprint density at radius 1 is 1.38 bits per heavy atom. The van der Waals surface area contributed by atoms with Gasteiger partial charge in [0.15, 0.2) is 0 Å². The molecule has 0 saturated carbocycles. The molecule has 1 rings (SSSR count). The normalized spacial score (nSPS) is 11.4. The van der Waals surface area contributed by atoms with E-state index in [-0.39, 0.29) is 7.92 Å². The Bertz CT molecular complexity index is 393. The third-order valence-electron chi connectivity index (χ3n) is 1.56. The van der Waals surface area contributed by atoms with Crippen molar-refractivity contribution in [3.63, 3.8) is 0 Å². The summed E-state index contributed by atoms with van der Waals surface area (Å²) in [6, 6.07) is 8.58. The molecule has 1 N–H and O–H groups in total. The number of hydrogen-bond donors (Lipinski definition) is 1. The second-order valence-corrected chi connectivity index (χ2v) is 2.84. The number of benzene rings is 1. The minimum absolute atomic E-state index is 0.386. The molecule has 1 atom stereocenters. The van der Waals surface area contributed by atoms with E-state index in [1.54, 1.807) is 30.3 Å². The summed E-state index contributed by atoms with van der Waals surface area (Å²) in [6.07, 6.45) is 0. The van der Waals surface area contributed by atoms with E-state index >= 15 is 0 Å². The molecule has 0 heterocycles. The van der Waals surface area contributed by atoms with E-state index in [9.17, 15) is 9.36 Å². The summed E-state index contributed by atoms with van der Waals surface area (Å²) in [7, 11) is -0.386. The molecule has 0 aromatic heterocycles. The van der Waals surface area contributed by atoms with Crippen LogP contribution < -0.4 is 0 Å². The summed E-state index contributed by atoms with van der Waals surface area (Å²) < 4.78 is 10.2. The van der Waals surface area contributed by atoms with Crippen LogP contribution in [0.25, 0.3) is 0 Å². The number of carboxylic acids is 1. The molecule has 1 aromatic carbocycles. The van der Waals surface area contributed by atoms with Crippen LogP contribution in [0, 0.1) is 5.63 Å². The molecule has 4 heteroatoms. The first-order valence-corrected chi connectivity index (χ1v) is 4.42. The topological polar surface area (TPSA) is 54.4 Å². The molecule has 13 heavy (non-hydrogen) atoms. The molecule has 0 spiro atoms. The molecule has 0 amide bonds. The van der Waals surface area contributed by atoms with E-state index in [1.807, 2.05) is 0 Å². The van der Waals surface area contributed by atoms with E-state index in [4.69, 9.17) is 5.11 Å². The first-order valence-electron chi connectivity index (χ1n) is 3.61. The van der Waals surface area contributed by atoms with Gasteiger partial charge in [0.1, 0.15) is 0 Å². The van der Waals surface area contributed by atoms with Gasteiger partial charge in [-0.3, -0.25) is 0 Å². The van der Waals surface area contributed by atoms with E-state index in [1.165, 1.54) is 0 Å². The van der Waals surface area contributed by atoms with Crippen LogP contribution in [0.1, 0.15) is 11.5 Å². The Morgan fingerprint density at radius 2 is 2.00 bits per heavy atom. The van der Waals surface area contributed by atoms with Crippen LogP contribution in [-0.4, -0.2) is 11.1 Å². The van der Waals surface area contributed by atoms with Gasteiger partial charge in [-0.1, -0.05) is 0 Å². The predicted octanol–water partition coefficient (Wildman–Crippen LogP) is 2.11. The van der Waals surface area contributed by atoms with Crippen molar-refractivity contribution in [3.05, 3.63) is 35.9 Å². The van der Waals surface area contributed by atoms with Crippen molar-refractivity contribution in [2.24, 2.45) is 0 Å². The standard InChI is InChI=1S/C9H7O3P/c10-9(11)8(6-13-12)7-4-2-1-3-5-7/h1-5,8H,(H,10,11). The second-order valence-electron chi connectivity index (χ2n) is 2.40. The van der Waals surface area contributed by atoms with Gasteiger partial charge in [-0.2, -0.15) is 0 Å². The van der Waals surface area contributed by atoms with Gasteiger partial charge >= 0.3 is 75.8 Å². The van der Waals surface area contributed by atoms with Gasteiger partial charge in [0.2, 0.25) is 0 Å². The maximum atomic E-state index is 10.7. The van der Waals surface area contributed by atoms with E-state index in [0.717, 1.165) is 0 Å². The summed E-state index contributed by atoms with van der Waals surface area (Å²) in [4.78, 5) is 10.7. The second kappa shape index (κ2) is 4.66. The van der Waals surface area contributed by atoms with Crippen molar-refractivity contribution in [1.82, 2.24) is 0 Å². The van der Waals surface area contributed by atoms with Crippen LogP contribution in [0.15, 0.2) is 30.3 Å². The van der Waals surface area contributed by atoms with E-state index in [2.05, 4.69) is 5.63 Å². The fraction of sp³-hybridized carbons (Fsp3) is 0.111. The van der Waals surface area contributed by atoms with Gasteiger partial charge in [-0.25, -0.2) is 0 Å². The fourth-order valence-electron chi connectivity index (χ4n) is 0.971. The van der Waals surface area contributed by atoms with Crippen LogP contribution in [0.5, 0.6) is 0 Å². The Morgan fingerprint density at radius 3 is 2.46 bits per heavy atom. The van der Waals surface area contributed by atoms with E-state index < -0.39 is 11.9 Å². The third-order valence-corrected chi connectivity index (χ3v) is 1.93. The molecule has 0 saturated heterocycles. The molecule has 1 aromatic rings. The SMILES string of the molecule is O=P#CC(C(=O)O)c1ccccc1. The molecule has 0 radical (unpaired) electrons. The molecule has 0 bridgehead atoms. The Labute approximate surface area is 76.5 Å². The van der Waals surface area contributed by atoms with Gasteiger partial charge in [-0.15, -0.1) is 0 Å². The monoisotopic (exact) mass is 194 g/mol. The first kappa shape index (κ1) is 9.79. The summed E-state index contributed by atoms with van der Waals surface area (Å²) >= 11 is 0. The van der Waals surface area contributed by atoms with Crippen molar-refractivity contribution >= 4 is 13.9 Å². The molecule has 66 valence electrons. The summed E-state index contributed by atoms with van der Waals surface area (Å²) in [5, 5.41) is 8.75. The maximum absolute atomic E-state index is 10.7. The van der Waals surface area contributed by atoms with Crippen molar-refractivity contribution in [2.75, 3.05) is 0 Å². The van der Waals surface area contributed by atoms with Crippen molar-refractivity contribution in [1.29, 1.82) is 0 Å². The average molecular weight is 194 g/mol. The molecule has 1 unspecified atom stereocenters. The Balaban J connectivity index is 3.07. The third kappa shape index (κ3) is 2.59. The van der Waals surface area contributed by atoms with Crippen LogP contribution in [0.3, 0.4) is 0 Å². The quantitative estimate of drug-likeness (QED) is 0.733. The summed E-state index contributed by atoms with van der Waals surface area (Å²) in [6.45, 7) is 0. The zero-order valence-corrected chi connectivity index (χ0v) is 7.57. The van der Waals surface area contributed by atoms with Crippen LogP contribution in [-0.2, 0) is 9.36 Å². The number of rotatable bonds is 2. The molecule has 0 aliphatic rings. The molecule has 0 fully saturated rings. The molecule has 3 nitrogen and oxygen atoms in total. The van der Waals surface area contributed by atoms with Gasteiger partial charge in [0, 0.05) is 0 Å². The molecular formula is C9H7O3P. The molecule has 0 aliphatic carbocycles. The van der Waals surface area contributed by atoms with Crippen LogP contribution >= 0.6 is 7.92 Å². The number of aliphatic carboxylic acids is 1. The zero-order chi connectivity index (χ0) is 9.68. The Kier molecular flexibility index (Phi) is 3.51. The van der Waals surface area contributed by atoms with Crippen LogP contribution in [0.2, 0.25) is 0 Å². The zero-order valence-electron chi connectivity index (χ0n) is 6.68. The van der Waals surface area contributed by atoms with Gasteiger partial charge in [-0.05, 0) is 0 Å². The van der Waals surface area contributed by atoms with Gasteiger partial charge < -0.3 is 0 Å². The average Bonchev–Trinajstić information content (AvgIpc) is 2.15. The molecule has 0 aliphatic heterocycles.